The second-order valence-corrected chi connectivity index (χ2v) is 8.52. The zero-order valence-electron chi connectivity index (χ0n) is 18.8. The molecule has 36 heavy (non-hydrogen) atoms. The van der Waals surface area contributed by atoms with Gasteiger partial charge >= 0.3 is 5.97 Å². The first-order valence-electron chi connectivity index (χ1n) is 10.7. The summed E-state index contributed by atoms with van der Waals surface area (Å²) in [5.74, 6) is 0.0832. The standard InChI is InChI=1S/C26H18BrN3O6/c1-34-21-11-16(18(27)12-22(21)35-14-24(31)32)13-28-30-25(23-10-15-6-2-5-9-20(15)36-23)29-19-8-4-3-7-17(19)26(30)33/h2-13H,14H2,1H3,(H,31,32). The molecule has 0 spiro atoms. The minimum Gasteiger partial charge on any atom is -0.493 e. The fourth-order valence-electron chi connectivity index (χ4n) is 3.66. The molecule has 5 aromatic rings. The molecule has 180 valence electrons. The number of aromatic nitrogens is 2. The molecule has 1 N–H and O–H groups in total. The highest BCUT2D eigenvalue weighted by Crippen LogP contribution is 2.33. The normalized spacial score (nSPS) is 11.4. The summed E-state index contributed by atoms with van der Waals surface area (Å²) in [6.07, 6.45) is 1.47. The molecule has 0 unspecified atom stereocenters. The quantitative estimate of drug-likeness (QED) is 0.287. The molecule has 10 heteroatoms. The number of fused-ring (bicyclic) bond motifs is 2. The molecule has 0 aliphatic carbocycles. The number of ether oxygens (including phenoxy) is 2. The van der Waals surface area contributed by atoms with Gasteiger partial charge in [0.25, 0.3) is 5.56 Å². The van der Waals surface area contributed by atoms with Crippen molar-refractivity contribution in [2.24, 2.45) is 5.10 Å². The minimum absolute atomic E-state index is 0.246. The molecule has 0 aliphatic heterocycles. The Hall–Kier alpha value is -4.44. The smallest absolute Gasteiger partial charge is 0.341 e. The monoisotopic (exact) mass is 547 g/mol. The molecule has 0 aliphatic rings. The average molecular weight is 548 g/mol. The Morgan fingerprint density at radius 2 is 1.92 bits per heavy atom. The maximum atomic E-state index is 13.4. The maximum Gasteiger partial charge on any atom is 0.341 e. The largest absolute Gasteiger partial charge is 0.493 e. The van der Waals surface area contributed by atoms with E-state index in [1.165, 1.54) is 18.0 Å². The molecule has 9 nitrogen and oxygen atoms in total. The summed E-state index contributed by atoms with van der Waals surface area (Å²) < 4.78 is 18.3. The number of hydrogen-bond donors (Lipinski definition) is 1. The summed E-state index contributed by atoms with van der Waals surface area (Å²) in [4.78, 5) is 29.0. The van der Waals surface area contributed by atoms with E-state index in [1.54, 1.807) is 30.3 Å². The van der Waals surface area contributed by atoms with E-state index in [9.17, 15) is 9.59 Å². The van der Waals surface area contributed by atoms with Gasteiger partial charge in [-0.3, -0.25) is 4.79 Å². The molecule has 0 amide bonds. The summed E-state index contributed by atoms with van der Waals surface area (Å²) >= 11 is 3.44. The van der Waals surface area contributed by atoms with Gasteiger partial charge in [-0.25, -0.2) is 9.78 Å². The average Bonchev–Trinajstić information content (AvgIpc) is 3.31. The van der Waals surface area contributed by atoms with Crippen LogP contribution >= 0.6 is 15.9 Å². The number of nitrogens with zero attached hydrogens (tertiary/aromatic N) is 3. The van der Waals surface area contributed by atoms with Crippen LogP contribution in [0.15, 0.2) is 85.5 Å². The molecule has 0 bridgehead atoms. The van der Waals surface area contributed by atoms with Crippen molar-refractivity contribution in [2.45, 2.75) is 0 Å². The Labute approximate surface area is 212 Å². The first-order valence-corrected chi connectivity index (χ1v) is 11.5. The van der Waals surface area contributed by atoms with Gasteiger partial charge in [0.15, 0.2) is 23.9 Å². The van der Waals surface area contributed by atoms with Crippen LogP contribution in [-0.4, -0.2) is 40.7 Å². The molecule has 0 radical (unpaired) electrons. The van der Waals surface area contributed by atoms with E-state index in [4.69, 9.17) is 19.0 Å². The summed E-state index contributed by atoms with van der Waals surface area (Å²) in [5.41, 5.74) is 1.38. The van der Waals surface area contributed by atoms with E-state index >= 15 is 0 Å². The van der Waals surface area contributed by atoms with Crippen LogP contribution in [0, 0.1) is 0 Å². The van der Waals surface area contributed by atoms with Crippen molar-refractivity contribution in [2.75, 3.05) is 13.7 Å². The van der Waals surface area contributed by atoms with Gasteiger partial charge in [0, 0.05) is 15.4 Å². The fraction of sp³-hybridized carbons (Fsp3) is 0.0769. The van der Waals surface area contributed by atoms with Crippen LogP contribution in [0.3, 0.4) is 0 Å². The van der Waals surface area contributed by atoms with Gasteiger partial charge in [0.1, 0.15) is 5.58 Å². The second kappa shape index (κ2) is 9.67. The molecule has 3 aromatic carbocycles. The molecule has 2 heterocycles. The van der Waals surface area contributed by atoms with Crippen LogP contribution in [-0.2, 0) is 4.79 Å². The highest BCUT2D eigenvalue weighted by Gasteiger charge is 2.17. The lowest BCUT2D eigenvalue weighted by molar-refractivity contribution is -0.139. The van der Waals surface area contributed by atoms with E-state index in [-0.39, 0.29) is 17.1 Å². The second-order valence-electron chi connectivity index (χ2n) is 7.67. The van der Waals surface area contributed by atoms with Gasteiger partial charge < -0.3 is 19.0 Å². The van der Waals surface area contributed by atoms with Crippen molar-refractivity contribution in [3.8, 4) is 23.1 Å². The van der Waals surface area contributed by atoms with Crippen molar-refractivity contribution in [1.82, 2.24) is 9.66 Å². The Balaban J connectivity index is 1.64. The molecular formula is C26H18BrN3O6. The van der Waals surface area contributed by atoms with Gasteiger partial charge in [-0.15, -0.1) is 0 Å². The van der Waals surface area contributed by atoms with Crippen LogP contribution in [0.25, 0.3) is 33.5 Å². The van der Waals surface area contributed by atoms with Crippen LogP contribution in [0.5, 0.6) is 11.5 Å². The number of benzene rings is 3. The third kappa shape index (κ3) is 4.46. The number of rotatable bonds is 7. The third-order valence-corrected chi connectivity index (χ3v) is 6.03. The van der Waals surface area contributed by atoms with Gasteiger partial charge in [-0.1, -0.05) is 30.3 Å². The molecule has 0 fully saturated rings. The maximum absolute atomic E-state index is 13.4. The lowest BCUT2D eigenvalue weighted by atomic mass is 10.2. The SMILES string of the molecule is COc1cc(C=Nn2c(-c3cc4ccccc4o3)nc3ccccc3c2=O)c(Br)cc1OCC(=O)O. The van der Waals surface area contributed by atoms with Gasteiger partial charge in [-0.05, 0) is 52.3 Å². The predicted molar refractivity (Wildman–Crippen MR) is 138 cm³/mol. The zero-order valence-corrected chi connectivity index (χ0v) is 20.4. The number of aliphatic carboxylic acids is 1. The number of carbonyl (C=O) groups is 1. The van der Waals surface area contributed by atoms with Crippen LogP contribution < -0.4 is 15.0 Å². The fourth-order valence-corrected chi connectivity index (χ4v) is 4.09. The lowest BCUT2D eigenvalue weighted by Crippen LogP contribution is -2.20. The third-order valence-electron chi connectivity index (χ3n) is 5.35. The molecule has 2 aromatic heterocycles. The zero-order chi connectivity index (χ0) is 25.2. The van der Waals surface area contributed by atoms with Crippen LogP contribution in [0.1, 0.15) is 5.56 Å². The topological polar surface area (TPSA) is 116 Å². The number of furan rings is 1. The molecule has 0 atom stereocenters. The van der Waals surface area contributed by atoms with Gasteiger partial charge in [0.2, 0.25) is 5.82 Å². The van der Waals surface area contributed by atoms with Gasteiger partial charge in [-0.2, -0.15) is 9.78 Å². The Kier molecular flexibility index (Phi) is 6.26. The Bertz CT molecular complexity index is 1670. The molecule has 0 saturated heterocycles. The summed E-state index contributed by atoms with van der Waals surface area (Å²) in [6, 6.07) is 19.5. The van der Waals surface area contributed by atoms with E-state index in [1.807, 2.05) is 36.4 Å². The number of carboxylic acid groups (broad SMARTS) is 1. The summed E-state index contributed by atoms with van der Waals surface area (Å²) in [5, 5.41) is 14.6. The minimum atomic E-state index is -1.11. The van der Waals surface area contributed by atoms with Crippen molar-refractivity contribution >= 4 is 50.0 Å². The van der Waals surface area contributed by atoms with E-state index in [0.717, 1.165) is 5.39 Å². The van der Waals surface area contributed by atoms with E-state index in [0.29, 0.717) is 38.0 Å². The van der Waals surface area contributed by atoms with Crippen molar-refractivity contribution in [3.05, 3.63) is 87.1 Å². The molecule has 0 saturated carbocycles. The number of halogens is 1. The molecule has 5 rings (SSSR count). The van der Waals surface area contributed by atoms with Crippen molar-refractivity contribution in [3.63, 3.8) is 0 Å². The first kappa shape index (κ1) is 23.3. The summed E-state index contributed by atoms with van der Waals surface area (Å²) in [6.45, 7) is -0.519. The number of carboxylic acids is 1. The summed E-state index contributed by atoms with van der Waals surface area (Å²) in [7, 11) is 1.44. The van der Waals surface area contributed by atoms with E-state index in [2.05, 4.69) is 26.0 Å². The Morgan fingerprint density at radius 3 is 2.69 bits per heavy atom. The number of para-hydroxylation sites is 2. The first-order chi connectivity index (χ1) is 17.4. The Morgan fingerprint density at radius 1 is 1.14 bits per heavy atom. The highest BCUT2D eigenvalue weighted by molar-refractivity contribution is 9.10. The van der Waals surface area contributed by atoms with E-state index < -0.39 is 12.6 Å². The van der Waals surface area contributed by atoms with Crippen LogP contribution in [0.4, 0.5) is 0 Å². The highest BCUT2D eigenvalue weighted by atomic mass is 79.9. The number of methoxy groups -OCH3 is 1. The van der Waals surface area contributed by atoms with Crippen LogP contribution in [0.2, 0.25) is 0 Å². The predicted octanol–water partition coefficient (Wildman–Crippen LogP) is 4.93. The van der Waals surface area contributed by atoms with Crippen molar-refractivity contribution in [1.29, 1.82) is 0 Å². The number of hydrogen-bond acceptors (Lipinski definition) is 7. The van der Waals surface area contributed by atoms with Crippen molar-refractivity contribution < 1.29 is 23.8 Å². The van der Waals surface area contributed by atoms with Gasteiger partial charge in [0.05, 0.1) is 24.2 Å². The lowest BCUT2D eigenvalue weighted by Gasteiger charge is -2.11. The molecular weight excluding hydrogens is 530 g/mol.